The first-order valence-corrected chi connectivity index (χ1v) is 13.2. The van der Waals surface area contributed by atoms with Gasteiger partial charge in [-0.2, -0.15) is 4.31 Å². The molecule has 0 atom stereocenters. The number of hydrogen-bond acceptors (Lipinski definition) is 8. The first kappa shape index (κ1) is 25.4. The van der Waals surface area contributed by atoms with Crippen molar-refractivity contribution in [1.82, 2.24) is 14.5 Å². The molecule has 1 amide bonds. The summed E-state index contributed by atoms with van der Waals surface area (Å²) in [7, 11) is -3.63. The van der Waals surface area contributed by atoms with Crippen LogP contribution in [0.1, 0.15) is 44.0 Å². The van der Waals surface area contributed by atoms with Crippen LogP contribution in [0.2, 0.25) is 0 Å². The van der Waals surface area contributed by atoms with Crippen molar-refractivity contribution in [3.8, 4) is 17.4 Å². The third kappa shape index (κ3) is 5.26. The molecular formula is C25H28N4O6S. The molecule has 190 valence electrons. The Kier molecular flexibility index (Phi) is 7.70. The Labute approximate surface area is 209 Å². The van der Waals surface area contributed by atoms with E-state index in [1.165, 1.54) is 28.6 Å². The van der Waals surface area contributed by atoms with Crippen molar-refractivity contribution in [2.45, 2.75) is 38.5 Å². The number of nitrogens with one attached hydrogen (secondary N) is 1. The number of anilines is 1. The first-order chi connectivity index (χ1) is 17.4. The Morgan fingerprint density at radius 2 is 1.72 bits per heavy atom. The zero-order chi connectivity index (χ0) is 25.7. The van der Waals surface area contributed by atoms with Crippen LogP contribution in [0.3, 0.4) is 0 Å². The molecule has 4 rings (SSSR count). The Bertz CT molecular complexity index is 1440. The minimum Gasteiger partial charge on any atom is -0.490 e. The topological polar surface area (TPSA) is 128 Å². The number of fused-ring (bicyclic) bond motifs is 1. The minimum atomic E-state index is -3.63. The first-order valence-electron chi connectivity index (χ1n) is 11.8. The lowest BCUT2D eigenvalue weighted by atomic mass is 10.2. The summed E-state index contributed by atoms with van der Waals surface area (Å²) in [5, 5.41) is 11.2. The van der Waals surface area contributed by atoms with Crippen molar-refractivity contribution in [1.29, 1.82) is 0 Å². The van der Waals surface area contributed by atoms with Gasteiger partial charge in [-0.1, -0.05) is 31.1 Å². The Morgan fingerprint density at radius 1 is 1.00 bits per heavy atom. The van der Waals surface area contributed by atoms with Gasteiger partial charge in [0, 0.05) is 24.0 Å². The second-order valence-corrected chi connectivity index (χ2v) is 9.95. The largest absolute Gasteiger partial charge is 0.490 e. The molecule has 0 aliphatic rings. The molecule has 10 nitrogen and oxygen atoms in total. The third-order valence-electron chi connectivity index (χ3n) is 5.36. The van der Waals surface area contributed by atoms with Gasteiger partial charge < -0.3 is 13.6 Å². The highest BCUT2D eigenvalue weighted by Crippen LogP contribution is 2.33. The summed E-state index contributed by atoms with van der Waals surface area (Å²) in [6, 6.07) is 12.9. The number of carbonyl (C=O) groups excluding carboxylic acids is 1. The average molecular weight is 513 g/mol. The van der Waals surface area contributed by atoms with Crippen molar-refractivity contribution in [3.05, 3.63) is 54.1 Å². The maximum absolute atomic E-state index is 12.9. The van der Waals surface area contributed by atoms with Crippen LogP contribution in [-0.4, -0.2) is 48.5 Å². The van der Waals surface area contributed by atoms with Gasteiger partial charge in [-0.3, -0.25) is 10.1 Å². The summed E-state index contributed by atoms with van der Waals surface area (Å²) in [5.74, 6) is 0.518. The summed E-state index contributed by atoms with van der Waals surface area (Å²) < 4.78 is 44.3. The smallest absolute Gasteiger partial charge is 0.322 e. The number of carbonyl (C=O) groups is 1. The fraction of sp³-hybridized carbons (Fsp3) is 0.320. The van der Waals surface area contributed by atoms with Crippen LogP contribution in [0, 0.1) is 0 Å². The van der Waals surface area contributed by atoms with E-state index < -0.39 is 15.9 Å². The van der Waals surface area contributed by atoms with Gasteiger partial charge in [-0.15, -0.1) is 5.10 Å². The summed E-state index contributed by atoms with van der Waals surface area (Å²) in [6.45, 7) is 7.12. The highest BCUT2D eigenvalue weighted by atomic mass is 32.2. The second-order valence-electron chi connectivity index (χ2n) is 8.01. The maximum Gasteiger partial charge on any atom is 0.322 e. The second kappa shape index (κ2) is 10.9. The molecule has 2 heterocycles. The SMILES string of the molecule is CCCN(CCC)S(=O)(=O)c1ccc(C(=O)Nc2nnc(-c3cc4cccc(OCC)c4o3)o2)cc1. The number of amides is 1. The van der Waals surface area contributed by atoms with E-state index in [-0.39, 0.29) is 22.4 Å². The fourth-order valence-corrected chi connectivity index (χ4v) is 5.36. The highest BCUT2D eigenvalue weighted by molar-refractivity contribution is 7.89. The number of para-hydroxylation sites is 1. The molecule has 0 aliphatic heterocycles. The highest BCUT2D eigenvalue weighted by Gasteiger charge is 2.23. The van der Waals surface area contributed by atoms with Crippen molar-refractivity contribution >= 4 is 32.9 Å². The lowest BCUT2D eigenvalue weighted by Gasteiger charge is -2.21. The summed E-state index contributed by atoms with van der Waals surface area (Å²) in [5.41, 5.74) is 0.806. The standard InChI is InChI=1S/C25H28N4O6S/c1-4-14-29(15-5-2)36(31,32)19-12-10-17(11-13-19)23(30)26-25-28-27-24(35-25)21-16-18-8-7-9-20(33-6-3)22(18)34-21/h7-13,16H,4-6,14-15H2,1-3H3,(H,26,28,30). The molecular weight excluding hydrogens is 484 g/mol. The number of furan rings is 1. The normalized spacial score (nSPS) is 11.8. The van der Waals surface area contributed by atoms with Gasteiger partial charge in [0.25, 0.3) is 11.8 Å². The molecule has 0 fully saturated rings. The monoisotopic (exact) mass is 512 g/mol. The van der Waals surface area contributed by atoms with Crippen LogP contribution in [0.25, 0.3) is 22.6 Å². The molecule has 0 bridgehead atoms. The molecule has 0 unspecified atom stereocenters. The van der Waals surface area contributed by atoms with Crippen LogP contribution in [0.5, 0.6) is 5.75 Å². The van der Waals surface area contributed by atoms with E-state index >= 15 is 0 Å². The molecule has 0 saturated heterocycles. The van der Waals surface area contributed by atoms with Gasteiger partial charge in [0.1, 0.15) is 0 Å². The molecule has 0 saturated carbocycles. The van der Waals surface area contributed by atoms with E-state index in [0.717, 1.165) is 5.39 Å². The van der Waals surface area contributed by atoms with Crippen molar-refractivity contribution < 1.29 is 26.8 Å². The molecule has 2 aromatic heterocycles. The predicted molar refractivity (Wildman–Crippen MR) is 134 cm³/mol. The zero-order valence-electron chi connectivity index (χ0n) is 20.4. The van der Waals surface area contributed by atoms with E-state index in [0.29, 0.717) is 49.6 Å². The lowest BCUT2D eigenvalue weighted by molar-refractivity contribution is 0.102. The maximum atomic E-state index is 12.9. The van der Waals surface area contributed by atoms with Gasteiger partial charge in [0.2, 0.25) is 10.0 Å². The molecule has 4 aromatic rings. The number of nitrogens with zero attached hydrogens (tertiary/aromatic N) is 3. The summed E-state index contributed by atoms with van der Waals surface area (Å²) in [4.78, 5) is 12.8. The summed E-state index contributed by atoms with van der Waals surface area (Å²) in [6.07, 6.45) is 1.43. The van der Waals surface area contributed by atoms with Crippen molar-refractivity contribution in [2.75, 3.05) is 25.0 Å². The number of ether oxygens (including phenoxy) is 1. The molecule has 0 spiro atoms. The van der Waals surface area contributed by atoms with Crippen molar-refractivity contribution in [3.63, 3.8) is 0 Å². The Morgan fingerprint density at radius 3 is 2.39 bits per heavy atom. The summed E-state index contributed by atoms with van der Waals surface area (Å²) >= 11 is 0. The van der Waals surface area contributed by atoms with Crippen LogP contribution in [0.15, 0.2) is 62.3 Å². The number of benzene rings is 2. The Balaban J connectivity index is 1.48. The number of aromatic nitrogens is 2. The van der Waals surface area contributed by atoms with E-state index in [1.54, 1.807) is 12.1 Å². The Hall–Kier alpha value is -3.70. The predicted octanol–water partition coefficient (Wildman–Crippen LogP) is 4.94. The van der Waals surface area contributed by atoms with Gasteiger partial charge in [0.05, 0.1) is 11.5 Å². The van der Waals surface area contributed by atoms with Gasteiger partial charge in [-0.25, -0.2) is 8.42 Å². The lowest BCUT2D eigenvalue weighted by Crippen LogP contribution is -2.32. The minimum absolute atomic E-state index is 0.0947. The number of hydrogen-bond donors (Lipinski definition) is 1. The molecule has 0 radical (unpaired) electrons. The quantitative estimate of drug-likeness (QED) is 0.299. The van der Waals surface area contributed by atoms with Crippen LogP contribution >= 0.6 is 0 Å². The van der Waals surface area contributed by atoms with Crippen LogP contribution in [-0.2, 0) is 10.0 Å². The van der Waals surface area contributed by atoms with E-state index in [1.807, 2.05) is 32.9 Å². The van der Waals surface area contributed by atoms with Crippen LogP contribution in [0.4, 0.5) is 6.01 Å². The van der Waals surface area contributed by atoms with Gasteiger partial charge in [-0.05, 0) is 56.2 Å². The molecule has 36 heavy (non-hydrogen) atoms. The van der Waals surface area contributed by atoms with E-state index in [2.05, 4.69) is 15.5 Å². The molecule has 1 N–H and O–H groups in total. The third-order valence-corrected chi connectivity index (χ3v) is 7.28. The van der Waals surface area contributed by atoms with Crippen molar-refractivity contribution in [2.24, 2.45) is 0 Å². The average Bonchev–Trinajstić information content (AvgIpc) is 3.52. The van der Waals surface area contributed by atoms with E-state index in [4.69, 9.17) is 13.6 Å². The molecule has 11 heteroatoms. The number of rotatable bonds is 11. The fourth-order valence-electron chi connectivity index (χ4n) is 3.73. The molecule has 0 aliphatic carbocycles. The van der Waals surface area contributed by atoms with Gasteiger partial charge in [0.15, 0.2) is 17.1 Å². The molecule has 2 aromatic carbocycles. The zero-order valence-corrected chi connectivity index (χ0v) is 21.2. The number of sulfonamides is 1. The van der Waals surface area contributed by atoms with Gasteiger partial charge >= 0.3 is 6.01 Å². The van der Waals surface area contributed by atoms with Crippen LogP contribution < -0.4 is 10.1 Å². The van der Waals surface area contributed by atoms with E-state index in [9.17, 15) is 13.2 Å².